The van der Waals surface area contributed by atoms with Crippen molar-refractivity contribution in [1.29, 1.82) is 0 Å². The summed E-state index contributed by atoms with van der Waals surface area (Å²) in [5, 5.41) is 6.84. The van der Waals surface area contributed by atoms with Gasteiger partial charge >= 0.3 is 23.9 Å². The summed E-state index contributed by atoms with van der Waals surface area (Å²) in [4.78, 5) is 52.1. The quantitative estimate of drug-likeness (QED) is 0.0559. The zero-order chi connectivity index (χ0) is 29.1. The Morgan fingerprint density at radius 1 is 0.452 bits per heavy atom. The highest BCUT2D eigenvalue weighted by atomic mass is 16.6. The molecule has 5 aromatic rings. The van der Waals surface area contributed by atoms with E-state index in [2.05, 4.69) is 13.8 Å². The molecular formula is C36H32O6. The third-order valence-electron chi connectivity index (χ3n) is 9.12. The maximum atomic E-state index is 13.1. The van der Waals surface area contributed by atoms with Gasteiger partial charge < -0.3 is 9.47 Å². The second-order valence-corrected chi connectivity index (χ2v) is 11.7. The number of carbonyl (C=O) groups is 4. The zero-order valence-electron chi connectivity index (χ0n) is 24.0. The van der Waals surface area contributed by atoms with Gasteiger partial charge in [-0.15, -0.1) is 0 Å². The summed E-state index contributed by atoms with van der Waals surface area (Å²) in [5.41, 5.74) is 3.65. The van der Waals surface area contributed by atoms with Crippen LogP contribution in [0.2, 0.25) is 0 Å². The molecule has 42 heavy (non-hydrogen) atoms. The Morgan fingerprint density at radius 2 is 0.857 bits per heavy atom. The van der Waals surface area contributed by atoms with Crippen molar-refractivity contribution in [3.63, 3.8) is 0 Å². The van der Waals surface area contributed by atoms with Gasteiger partial charge in [0, 0.05) is 10.8 Å². The summed E-state index contributed by atoms with van der Waals surface area (Å²) in [6.07, 6.45) is 10.0. The zero-order valence-corrected chi connectivity index (χ0v) is 24.0. The van der Waals surface area contributed by atoms with Crippen molar-refractivity contribution in [2.45, 2.75) is 78.1 Å². The van der Waals surface area contributed by atoms with E-state index in [0.717, 1.165) is 108 Å². The highest BCUT2D eigenvalue weighted by molar-refractivity contribution is 6.40. The maximum absolute atomic E-state index is 13.1. The minimum atomic E-state index is -0.634. The average molecular weight is 561 g/mol. The first-order valence-corrected chi connectivity index (χ1v) is 15.2. The standard InChI is InChI=1S/C36H32O6/c1-3-5-7-9-11-19-17-25-29-23(33(37)41-35(25)39)16-14-22-28-20(12-10-8-6-4-2)18-26-30-24(34(38)42-36(26)40)15-13-21(32(28)30)27(19)31(22)29/h13-18H,3-12H2,1-2H3. The molecule has 0 amide bonds. The Bertz CT molecular complexity index is 1840. The van der Waals surface area contributed by atoms with E-state index in [1.54, 1.807) is 12.1 Å². The van der Waals surface area contributed by atoms with E-state index in [9.17, 15) is 19.2 Å². The number of carbonyl (C=O) groups excluding carboxylic acids is 4. The van der Waals surface area contributed by atoms with Crippen LogP contribution >= 0.6 is 0 Å². The van der Waals surface area contributed by atoms with Crippen LogP contribution in [-0.2, 0) is 22.3 Å². The number of ether oxygens (including phenoxy) is 2. The Labute approximate surface area is 243 Å². The molecule has 0 aliphatic carbocycles. The van der Waals surface area contributed by atoms with Gasteiger partial charge in [0.05, 0.1) is 22.3 Å². The molecule has 0 radical (unpaired) electrons. The van der Waals surface area contributed by atoms with E-state index in [-0.39, 0.29) is 0 Å². The highest BCUT2D eigenvalue weighted by Gasteiger charge is 2.34. The SMILES string of the molecule is CCCCCCc1cc2c3c(ccc4c5c(CCCCCC)cc6c7c(ccc(c1c34)c75)C(=O)OC6=O)C(=O)OC2=O. The number of hydrogen-bond acceptors (Lipinski definition) is 6. The van der Waals surface area contributed by atoms with Crippen LogP contribution in [0, 0.1) is 0 Å². The Morgan fingerprint density at radius 3 is 1.26 bits per heavy atom. The number of esters is 4. The Kier molecular flexibility index (Phi) is 6.45. The van der Waals surface area contributed by atoms with Gasteiger partial charge in [-0.2, -0.15) is 0 Å². The lowest BCUT2D eigenvalue weighted by molar-refractivity contribution is 0.0373. The van der Waals surface area contributed by atoms with Gasteiger partial charge in [-0.05, 0) is 93.4 Å². The number of aryl methyl sites for hydroxylation is 2. The number of cyclic esters (lactones) is 4. The van der Waals surface area contributed by atoms with Crippen LogP contribution in [0.25, 0.3) is 43.1 Å². The third kappa shape index (κ3) is 3.84. The van der Waals surface area contributed by atoms with Crippen molar-refractivity contribution in [2.75, 3.05) is 0 Å². The fourth-order valence-electron chi connectivity index (χ4n) is 7.20. The third-order valence-corrected chi connectivity index (χ3v) is 9.12. The van der Waals surface area contributed by atoms with Gasteiger partial charge in [0.15, 0.2) is 0 Å². The van der Waals surface area contributed by atoms with Crippen molar-refractivity contribution in [1.82, 2.24) is 0 Å². The molecule has 0 unspecified atom stereocenters. The first-order valence-electron chi connectivity index (χ1n) is 15.2. The lowest BCUT2D eigenvalue weighted by Crippen LogP contribution is -2.21. The van der Waals surface area contributed by atoms with Crippen molar-refractivity contribution < 1.29 is 28.7 Å². The molecule has 2 aliphatic heterocycles. The van der Waals surface area contributed by atoms with E-state index >= 15 is 0 Å². The molecule has 0 N–H and O–H groups in total. The van der Waals surface area contributed by atoms with Crippen molar-refractivity contribution in [3.05, 3.63) is 69.8 Å². The fraction of sp³-hybridized carbons (Fsp3) is 0.333. The van der Waals surface area contributed by atoms with Crippen molar-refractivity contribution in [2.24, 2.45) is 0 Å². The van der Waals surface area contributed by atoms with E-state index < -0.39 is 23.9 Å². The molecule has 2 aliphatic rings. The van der Waals surface area contributed by atoms with Gasteiger partial charge in [-0.3, -0.25) is 0 Å². The summed E-state index contributed by atoms with van der Waals surface area (Å²) in [5.74, 6) is -2.50. The predicted octanol–water partition coefficient (Wildman–Crippen LogP) is 8.60. The minimum absolute atomic E-state index is 0.388. The molecule has 0 aromatic heterocycles. The van der Waals surface area contributed by atoms with Crippen LogP contribution in [0.3, 0.4) is 0 Å². The molecular weight excluding hydrogens is 528 g/mol. The first kappa shape index (κ1) is 26.6. The molecule has 5 aromatic carbocycles. The summed E-state index contributed by atoms with van der Waals surface area (Å²) in [6.45, 7) is 4.35. The lowest BCUT2D eigenvalue weighted by Gasteiger charge is -2.26. The van der Waals surface area contributed by atoms with Crippen LogP contribution in [0.4, 0.5) is 0 Å². The summed E-state index contributed by atoms with van der Waals surface area (Å²) in [6, 6.07) is 11.2. The fourth-order valence-corrected chi connectivity index (χ4v) is 7.20. The number of benzene rings is 5. The van der Waals surface area contributed by atoms with Gasteiger partial charge in [0.25, 0.3) is 0 Å². The second kappa shape index (κ2) is 10.2. The lowest BCUT2D eigenvalue weighted by atomic mass is 9.79. The van der Waals surface area contributed by atoms with Crippen LogP contribution in [0.5, 0.6) is 0 Å². The molecule has 0 bridgehead atoms. The average Bonchev–Trinajstić information content (AvgIpc) is 2.98. The number of hydrogen-bond donors (Lipinski definition) is 0. The van der Waals surface area contributed by atoms with Crippen molar-refractivity contribution in [3.8, 4) is 0 Å². The minimum Gasteiger partial charge on any atom is -0.386 e. The van der Waals surface area contributed by atoms with E-state index in [4.69, 9.17) is 9.47 Å². The number of unbranched alkanes of at least 4 members (excludes halogenated alkanes) is 6. The molecule has 0 fully saturated rings. The van der Waals surface area contributed by atoms with Gasteiger partial charge in [0.2, 0.25) is 0 Å². The topological polar surface area (TPSA) is 86.7 Å². The molecule has 2 heterocycles. The molecule has 0 spiro atoms. The van der Waals surface area contributed by atoms with Crippen LogP contribution in [0.1, 0.15) is 118 Å². The van der Waals surface area contributed by atoms with E-state index in [0.29, 0.717) is 33.0 Å². The largest absolute Gasteiger partial charge is 0.386 e. The van der Waals surface area contributed by atoms with E-state index in [1.807, 2.05) is 24.3 Å². The summed E-state index contributed by atoms with van der Waals surface area (Å²) in [7, 11) is 0. The van der Waals surface area contributed by atoms with Crippen molar-refractivity contribution >= 4 is 67.0 Å². The monoisotopic (exact) mass is 560 g/mol. The normalized spacial score (nSPS) is 14.5. The summed E-state index contributed by atoms with van der Waals surface area (Å²) >= 11 is 0. The number of rotatable bonds is 10. The van der Waals surface area contributed by atoms with Gasteiger partial charge in [0.1, 0.15) is 0 Å². The molecule has 6 nitrogen and oxygen atoms in total. The van der Waals surface area contributed by atoms with Gasteiger partial charge in [-0.1, -0.05) is 64.5 Å². The molecule has 0 saturated heterocycles. The molecule has 6 heteroatoms. The first-order chi connectivity index (χ1) is 20.4. The van der Waals surface area contributed by atoms with Crippen LogP contribution in [-0.4, -0.2) is 23.9 Å². The highest BCUT2D eigenvalue weighted by Crippen LogP contribution is 2.48. The van der Waals surface area contributed by atoms with Crippen LogP contribution in [0.15, 0.2) is 36.4 Å². The van der Waals surface area contributed by atoms with Crippen LogP contribution < -0.4 is 0 Å². The number of fused-ring (bicyclic) bond motifs is 2. The Balaban J connectivity index is 1.65. The predicted molar refractivity (Wildman–Crippen MR) is 163 cm³/mol. The second-order valence-electron chi connectivity index (χ2n) is 11.7. The smallest absolute Gasteiger partial charge is 0.346 e. The van der Waals surface area contributed by atoms with Gasteiger partial charge in [-0.25, -0.2) is 19.2 Å². The maximum Gasteiger partial charge on any atom is 0.346 e. The molecule has 0 saturated carbocycles. The molecule has 0 atom stereocenters. The van der Waals surface area contributed by atoms with E-state index in [1.165, 1.54) is 0 Å². The molecule has 7 rings (SSSR count). The Hall–Kier alpha value is -4.32. The summed E-state index contributed by atoms with van der Waals surface area (Å²) < 4.78 is 10.3. The molecule has 212 valence electrons.